The Bertz CT molecular complexity index is 861. The van der Waals surface area contributed by atoms with Crippen molar-refractivity contribution in [3.63, 3.8) is 0 Å². The van der Waals surface area contributed by atoms with Gasteiger partial charge in [-0.05, 0) is 42.8 Å². The average Bonchev–Trinajstić information content (AvgIpc) is 2.95. The molecule has 8 heteroatoms. The van der Waals surface area contributed by atoms with Crippen molar-refractivity contribution >= 4 is 21.4 Å². The highest BCUT2D eigenvalue weighted by Crippen LogP contribution is 2.19. The summed E-state index contributed by atoms with van der Waals surface area (Å²) in [4.78, 5) is 16.3. The highest BCUT2D eigenvalue weighted by Gasteiger charge is 2.24. The van der Waals surface area contributed by atoms with Crippen molar-refractivity contribution in [2.75, 3.05) is 37.3 Å². The second kappa shape index (κ2) is 6.87. The molecule has 1 aliphatic rings. The monoisotopic (exact) mass is 366 g/mol. The van der Waals surface area contributed by atoms with Crippen molar-refractivity contribution < 1.29 is 22.0 Å². The van der Waals surface area contributed by atoms with Crippen molar-refractivity contribution in [1.29, 1.82) is 0 Å². The van der Waals surface area contributed by atoms with Gasteiger partial charge in [-0.2, -0.15) is 0 Å². The quantitative estimate of drug-likeness (QED) is 0.833. The molecule has 3 rings (SSSR count). The molecule has 0 unspecified atom stereocenters. The van der Waals surface area contributed by atoms with Crippen molar-refractivity contribution in [2.45, 2.75) is 11.5 Å². The Morgan fingerprint density at radius 3 is 2.40 bits per heavy atom. The van der Waals surface area contributed by atoms with Crippen LogP contribution in [-0.4, -0.2) is 51.7 Å². The van der Waals surface area contributed by atoms with Crippen molar-refractivity contribution in [1.82, 2.24) is 4.90 Å². The number of benzene rings is 1. The van der Waals surface area contributed by atoms with Crippen molar-refractivity contribution in [2.24, 2.45) is 0 Å². The Kier molecular flexibility index (Phi) is 4.80. The van der Waals surface area contributed by atoms with E-state index in [0.717, 1.165) is 24.9 Å². The van der Waals surface area contributed by atoms with E-state index in [4.69, 9.17) is 4.42 Å². The molecule has 6 nitrogen and oxygen atoms in total. The second-order valence-electron chi connectivity index (χ2n) is 6.00. The number of furan rings is 1. The molecule has 134 valence electrons. The molecular weight excluding hydrogens is 347 g/mol. The highest BCUT2D eigenvalue weighted by molar-refractivity contribution is 7.90. The minimum atomic E-state index is -3.48. The van der Waals surface area contributed by atoms with Gasteiger partial charge >= 0.3 is 0 Å². The summed E-state index contributed by atoms with van der Waals surface area (Å²) in [5, 5.41) is -0.210. The molecular formula is C17H19FN2O4S. The van der Waals surface area contributed by atoms with Crippen LogP contribution in [0.4, 0.5) is 10.1 Å². The number of carbonyl (C=O) groups is 1. The number of hydrogen-bond donors (Lipinski definition) is 0. The van der Waals surface area contributed by atoms with Crippen molar-refractivity contribution in [3.05, 3.63) is 48.0 Å². The minimum Gasteiger partial charge on any atom is -0.440 e. The maximum absolute atomic E-state index is 13.1. The van der Waals surface area contributed by atoms with Gasteiger partial charge in [0, 0.05) is 38.1 Å². The molecule has 1 aromatic heterocycles. The zero-order valence-electron chi connectivity index (χ0n) is 13.8. The van der Waals surface area contributed by atoms with Crippen LogP contribution < -0.4 is 4.90 Å². The topological polar surface area (TPSA) is 70.8 Å². The summed E-state index contributed by atoms with van der Waals surface area (Å²) >= 11 is 0. The largest absolute Gasteiger partial charge is 0.440 e. The molecule has 0 aliphatic carbocycles. The maximum Gasteiger partial charge on any atom is 0.289 e. The lowest BCUT2D eigenvalue weighted by atomic mass is 10.2. The molecule has 1 saturated heterocycles. The van der Waals surface area contributed by atoms with Crippen LogP contribution >= 0.6 is 0 Å². The molecule has 2 aromatic rings. The van der Waals surface area contributed by atoms with E-state index in [0.29, 0.717) is 19.6 Å². The number of nitrogens with zero attached hydrogens (tertiary/aromatic N) is 2. The molecule has 1 aliphatic heterocycles. The van der Waals surface area contributed by atoms with E-state index < -0.39 is 9.84 Å². The summed E-state index contributed by atoms with van der Waals surface area (Å²) in [5.41, 5.74) is 0.910. The Hall–Kier alpha value is -2.35. The van der Waals surface area contributed by atoms with E-state index in [1.165, 1.54) is 24.3 Å². The highest BCUT2D eigenvalue weighted by atomic mass is 32.2. The number of carbonyl (C=O) groups excluding carboxylic acids is 1. The van der Waals surface area contributed by atoms with Crippen LogP contribution in [0.25, 0.3) is 0 Å². The first-order valence-corrected chi connectivity index (χ1v) is 9.83. The lowest BCUT2D eigenvalue weighted by molar-refractivity contribution is 0.0729. The fraction of sp³-hybridized carbons (Fsp3) is 0.353. The second-order valence-corrected chi connectivity index (χ2v) is 7.95. The normalized spacial score (nSPS) is 15.9. The molecule has 0 N–H and O–H groups in total. The SMILES string of the molecule is CS(=O)(=O)c1ccc(C(=O)N2CCCN(c3ccc(F)cc3)CC2)o1. The van der Waals surface area contributed by atoms with Crippen LogP contribution in [0.2, 0.25) is 0 Å². The van der Waals surface area contributed by atoms with E-state index in [2.05, 4.69) is 4.90 Å². The van der Waals surface area contributed by atoms with Crippen LogP contribution in [0, 0.1) is 5.82 Å². The number of rotatable bonds is 3. The summed E-state index contributed by atoms with van der Waals surface area (Å²) in [5.74, 6) is -0.582. The fourth-order valence-electron chi connectivity index (χ4n) is 2.82. The van der Waals surface area contributed by atoms with Gasteiger partial charge in [0.2, 0.25) is 14.9 Å². The molecule has 0 saturated carbocycles. The number of hydrogen-bond acceptors (Lipinski definition) is 5. The zero-order chi connectivity index (χ0) is 18.0. The summed E-state index contributed by atoms with van der Waals surface area (Å²) in [6.45, 7) is 2.38. The lowest BCUT2D eigenvalue weighted by Gasteiger charge is -2.23. The Morgan fingerprint density at radius 2 is 1.76 bits per heavy atom. The summed E-state index contributed by atoms with van der Waals surface area (Å²) < 4.78 is 41.2. The van der Waals surface area contributed by atoms with Crippen LogP contribution in [0.15, 0.2) is 45.9 Å². The standard InChI is InChI=1S/C17H19FN2O4S/c1-25(22,23)16-8-7-15(24-16)17(21)20-10-2-9-19(11-12-20)14-5-3-13(18)4-6-14/h3-8H,2,9-12H2,1H3. The third-order valence-corrected chi connectivity index (χ3v) is 5.08. The molecule has 0 bridgehead atoms. The van der Waals surface area contributed by atoms with Gasteiger partial charge in [-0.25, -0.2) is 12.8 Å². The van der Waals surface area contributed by atoms with Gasteiger partial charge in [0.05, 0.1) is 0 Å². The Labute approximate surface area is 145 Å². The molecule has 2 heterocycles. The van der Waals surface area contributed by atoms with Gasteiger partial charge < -0.3 is 14.2 Å². The molecule has 0 spiro atoms. The van der Waals surface area contributed by atoms with Crippen LogP contribution in [0.1, 0.15) is 17.0 Å². The van der Waals surface area contributed by atoms with Crippen LogP contribution in [0.5, 0.6) is 0 Å². The first-order valence-electron chi connectivity index (χ1n) is 7.94. The lowest BCUT2D eigenvalue weighted by Crippen LogP contribution is -2.35. The van der Waals surface area contributed by atoms with Gasteiger partial charge in [-0.15, -0.1) is 0 Å². The summed E-state index contributed by atoms with van der Waals surface area (Å²) in [6, 6.07) is 8.96. The van der Waals surface area contributed by atoms with Gasteiger partial charge in [-0.1, -0.05) is 0 Å². The zero-order valence-corrected chi connectivity index (χ0v) is 14.6. The molecule has 0 radical (unpaired) electrons. The number of amides is 1. The minimum absolute atomic E-state index is 0.0238. The van der Waals surface area contributed by atoms with Crippen molar-refractivity contribution in [3.8, 4) is 0 Å². The van der Waals surface area contributed by atoms with Crippen LogP contribution in [0.3, 0.4) is 0 Å². The van der Waals surface area contributed by atoms with E-state index in [1.807, 2.05) is 0 Å². The molecule has 0 atom stereocenters. The van der Waals surface area contributed by atoms with E-state index >= 15 is 0 Å². The smallest absolute Gasteiger partial charge is 0.289 e. The Balaban J connectivity index is 1.69. The van der Waals surface area contributed by atoms with Gasteiger partial charge in [0.1, 0.15) is 5.82 Å². The summed E-state index contributed by atoms with van der Waals surface area (Å²) in [7, 11) is -3.48. The number of halogens is 1. The molecule has 1 amide bonds. The third-order valence-electron chi connectivity index (χ3n) is 4.13. The third kappa shape index (κ3) is 4.01. The van der Waals surface area contributed by atoms with Gasteiger partial charge in [0.25, 0.3) is 5.91 Å². The maximum atomic E-state index is 13.1. The van der Waals surface area contributed by atoms with E-state index in [-0.39, 0.29) is 22.6 Å². The molecule has 1 aromatic carbocycles. The van der Waals surface area contributed by atoms with E-state index in [1.54, 1.807) is 17.0 Å². The first-order chi connectivity index (χ1) is 11.8. The first kappa shape index (κ1) is 17.5. The summed E-state index contributed by atoms with van der Waals surface area (Å²) in [6.07, 6.45) is 1.79. The Morgan fingerprint density at radius 1 is 1.04 bits per heavy atom. The average molecular weight is 366 g/mol. The van der Waals surface area contributed by atoms with Gasteiger partial charge in [0.15, 0.2) is 5.76 Å². The number of sulfone groups is 1. The van der Waals surface area contributed by atoms with Crippen LogP contribution in [-0.2, 0) is 9.84 Å². The molecule has 25 heavy (non-hydrogen) atoms. The molecule has 1 fully saturated rings. The predicted octanol–water partition coefficient (Wildman–Crippen LogP) is 2.17. The van der Waals surface area contributed by atoms with Gasteiger partial charge in [-0.3, -0.25) is 4.79 Å². The fourth-order valence-corrected chi connectivity index (χ4v) is 3.38. The number of anilines is 1. The van der Waals surface area contributed by atoms with E-state index in [9.17, 15) is 17.6 Å². The predicted molar refractivity (Wildman–Crippen MR) is 91.0 cm³/mol.